The zero-order valence-corrected chi connectivity index (χ0v) is 10.9. The van der Waals surface area contributed by atoms with Crippen LogP contribution in [-0.4, -0.2) is 46.3 Å². The summed E-state index contributed by atoms with van der Waals surface area (Å²) in [5.41, 5.74) is 0. The van der Waals surface area contributed by atoms with Crippen LogP contribution in [0.25, 0.3) is 0 Å². The van der Waals surface area contributed by atoms with Gasteiger partial charge in [0.25, 0.3) is 5.82 Å². The van der Waals surface area contributed by atoms with Crippen molar-refractivity contribution in [3.05, 3.63) is 12.2 Å². The lowest BCUT2D eigenvalue weighted by Crippen LogP contribution is -2.24. The van der Waals surface area contributed by atoms with Gasteiger partial charge in [-0.2, -0.15) is 0 Å². The summed E-state index contributed by atoms with van der Waals surface area (Å²) in [4.78, 5) is 17.2. The van der Waals surface area contributed by atoms with Crippen LogP contribution in [0.2, 0.25) is 0 Å². The number of hydrogen-bond donors (Lipinski definition) is 0. The number of rotatable bonds is 6. The first kappa shape index (κ1) is 13.6. The van der Waals surface area contributed by atoms with Crippen molar-refractivity contribution in [3.63, 3.8) is 0 Å². The van der Waals surface area contributed by atoms with Crippen LogP contribution in [-0.2, 0) is 11.4 Å². The number of carbonyl (C=O) groups is 1. The molecule has 0 spiro atoms. The largest absolute Gasteiger partial charge is 0.463 e. The Morgan fingerprint density at radius 3 is 2.88 bits per heavy atom. The molecule has 17 heavy (non-hydrogen) atoms. The van der Waals surface area contributed by atoms with E-state index in [2.05, 4.69) is 33.6 Å². The van der Waals surface area contributed by atoms with Crippen molar-refractivity contribution in [3.8, 4) is 0 Å². The molecule has 1 aromatic rings. The van der Waals surface area contributed by atoms with Gasteiger partial charge >= 0.3 is 5.97 Å². The number of ether oxygens (including phenoxy) is 1. The van der Waals surface area contributed by atoms with Gasteiger partial charge in [-0.3, -0.25) is 4.90 Å². The van der Waals surface area contributed by atoms with E-state index in [0.29, 0.717) is 12.6 Å². The Morgan fingerprint density at radius 1 is 1.59 bits per heavy atom. The van der Waals surface area contributed by atoms with Crippen LogP contribution < -0.4 is 0 Å². The van der Waals surface area contributed by atoms with E-state index in [1.807, 2.05) is 7.05 Å². The highest BCUT2D eigenvalue weighted by Crippen LogP contribution is 2.01. The van der Waals surface area contributed by atoms with Crippen molar-refractivity contribution in [1.29, 1.82) is 0 Å². The quantitative estimate of drug-likeness (QED) is 0.694. The molecular weight excluding hydrogens is 220 g/mol. The summed E-state index contributed by atoms with van der Waals surface area (Å²) in [6.07, 6.45) is 2.67. The number of carbonyl (C=O) groups excluding carboxylic acids is 1. The maximum atomic E-state index is 11.2. The van der Waals surface area contributed by atoms with E-state index < -0.39 is 5.97 Å². The number of esters is 1. The topological polar surface area (TPSA) is 60.2 Å². The van der Waals surface area contributed by atoms with Crippen LogP contribution in [0, 0.1) is 5.92 Å². The molecule has 6 heteroatoms. The lowest BCUT2D eigenvalue weighted by molar-refractivity contribution is 0.0585. The average Bonchev–Trinajstić information content (AvgIpc) is 2.73. The van der Waals surface area contributed by atoms with Crippen LogP contribution >= 0.6 is 0 Å². The van der Waals surface area contributed by atoms with Crippen LogP contribution in [0.15, 0.2) is 6.33 Å². The lowest BCUT2D eigenvalue weighted by Gasteiger charge is -2.17. The first-order valence-corrected chi connectivity index (χ1v) is 5.69. The fraction of sp³-hybridized carbons (Fsp3) is 0.727. The van der Waals surface area contributed by atoms with Crippen molar-refractivity contribution in [2.75, 3.05) is 20.7 Å². The number of nitrogens with zero attached hydrogens (tertiary/aromatic N) is 4. The fourth-order valence-electron chi connectivity index (χ4n) is 1.34. The first-order chi connectivity index (χ1) is 8.02. The second kappa shape index (κ2) is 6.34. The summed E-state index contributed by atoms with van der Waals surface area (Å²) in [5, 5.41) is 4.04. The Balaban J connectivity index is 2.46. The smallest absolute Gasteiger partial charge is 0.377 e. The summed E-state index contributed by atoms with van der Waals surface area (Å²) >= 11 is 0. The minimum atomic E-state index is -0.506. The molecule has 0 aliphatic heterocycles. The van der Waals surface area contributed by atoms with Gasteiger partial charge in [0.2, 0.25) is 0 Å². The molecule has 0 aromatic carbocycles. The Bertz CT molecular complexity index is 362. The molecule has 1 aromatic heterocycles. The van der Waals surface area contributed by atoms with Crippen molar-refractivity contribution in [2.45, 2.75) is 26.9 Å². The Labute approximate surface area is 102 Å². The molecule has 1 rings (SSSR count). The lowest BCUT2D eigenvalue weighted by atomic mass is 10.1. The van der Waals surface area contributed by atoms with Gasteiger partial charge in [-0.15, -0.1) is 5.10 Å². The summed E-state index contributed by atoms with van der Waals surface area (Å²) in [7, 11) is 3.33. The molecule has 0 radical (unpaired) electrons. The Morgan fingerprint density at radius 2 is 2.29 bits per heavy atom. The van der Waals surface area contributed by atoms with E-state index in [-0.39, 0.29) is 5.82 Å². The van der Waals surface area contributed by atoms with Gasteiger partial charge in [-0.25, -0.2) is 14.5 Å². The molecule has 0 amide bonds. The van der Waals surface area contributed by atoms with Gasteiger partial charge in [-0.1, -0.05) is 13.8 Å². The van der Waals surface area contributed by atoms with Gasteiger partial charge in [0.15, 0.2) is 0 Å². The van der Waals surface area contributed by atoms with Crippen molar-refractivity contribution >= 4 is 5.97 Å². The molecule has 96 valence electrons. The molecule has 0 fully saturated rings. The number of methoxy groups -OCH3 is 1. The van der Waals surface area contributed by atoms with E-state index in [9.17, 15) is 4.79 Å². The van der Waals surface area contributed by atoms with E-state index >= 15 is 0 Å². The van der Waals surface area contributed by atoms with Crippen LogP contribution in [0.4, 0.5) is 0 Å². The zero-order valence-electron chi connectivity index (χ0n) is 10.9. The second-order valence-electron chi connectivity index (χ2n) is 4.50. The van der Waals surface area contributed by atoms with E-state index in [4.69, 9.17) is 0 Å². The van der Waals surface area contributed by atoms with E-state index in [1.54, 1.807) is 4.68 Å². The molecule has 0 bridgehead atoms. The molecule has 6 nitrogen and oxygen atoms in total. The molecule has 0 aliphatic rings. The third kappa shape index (κ3) is 4.52. The number of aromatic nitrogens is 3. The average molecular weight is 240 g/mol. The molecule has 0 N–H and O–H groups in total. The highest BCUT2D eigenvalue weighted by Gasteiger charge is 2.11. The predicted octanol–water partition coefficient (Wildman–Crippen LogP) is 1.00. The molecule has 1 heterocycles. The maximum absolute atomic E-state index is 11.2. The van der Waals surface area contributed by atoms with Gasteiger partial charge in [0, 0.05) is 0 Å². The third-order valence-electron chi connectivity index (χ3n) is 2.38. The van der Waals surface area contributed by atoms with Gasteiger partial charge in [0.05, 0.1) is 13.8 Å². The van der Waals surface area contributed by atoms with E-state index in [0.717, 1.165) is 13.0 Å². The Hall–Kier alpha value is -1.43. The van der Waals surface area contributed by atoms with Gasteiger partial charge in [-0.05, 0) is 25.9 Å². The van der Waals surface area contributed by atoms with Crippen LogP contribution in [0.3, 0.4) is 0 Å². The van der Waals surface area contributed by atoms with Gasteiger partial charge < -0.3 is 4.74 Å². The third-order valence-corrected chi connectivity index (χ3v) is 2.38. The maximum Gasteiger partial charge on any atom is 0.377 e. The summed E-state index contributed by atoms with van der Waals surface area (Å²) in [6, 6.07) is 0. The zero-order chi connectivity index (χ0) is 12.8. The Kier molecular flexibility index (Phi) is 5.09. The molecule has 0 atom stereocenters. The normalized spacial score (nSPS) is 11.2. The van der Waals surface area contributed by atoms with Crippen LogP contribution in [0.5, 0.6) is 0 Å². The second-order valence-corrected chi connectivity index (χ2v) is 4.50. The minimum Gasteiger partial charge on any atom is -0.463 e. The highest BCUT2D eigenvalue weighted by molar-refractivity contribution is 5.84. The first-order valence-electron chi connectivity index (χ1n) is 5.69. The monoisotopic (exact) mass is 240 g/mol. The van der Waals surface area contributed by atoms with Crippen molar-refractivity contribution in [1.82, 2.24) is 19.7 Å². The van der Waals surface area contributed by atoms with Crippen LogP contribution in [0.1, 0.15) is 30.9 Å². The molecule has 0 saturated heterocycles. The summed E-state index contributed by atoms with van der Waals surface area (Å²) in [5.74, 6) is 0.275. The molecular formula is C11H20N4O2. The molecule has 0 saturated carbocycles. The highest BCUT2D eigenvalue weighted by atomic mass is 16.5. The predicted molar refractivity (Wildman–Crippen MR) is 63.4 cm³/mol. The van der Waals surface area contributed by atoms with E-state index in [1.165, 1.54) is 13.4 Å². The summed E-state index contributed by atoms with van der Waals surface area (Å²) in [6.45, 7) is 6.00. The summed E-state index contributed by atoms with van der Waals surface area (Å²) < 4.78 is 6.17. The van der Waals surface area contributed by atoms with Crippen molar-refractivity contribution < 1.29 is 9.53 Å². The SMILES string of the molecule is COC(=O)c1ncn(CN(C)CCC(C)C)n1. The molecule has 0 aliphatic carbocycles. The minimum absolute atomic E-state index is 0.102. The van der Waals surface area contributed by atoms with Gasteiger partial charge in [0.1, 0.15) is 6.33 Å². The van der Waals surface area contributed by atoms with Crippen molar-refractivity contribution in [2.24, 2.45) is 5.92 Å². The molecule has 0 unspecified atom stereocenters. The number of hydrogen-bond acceptors (Lipinski definition) is 5. The fourth-order valence-corrected chi connectivity index (χ4v) is 1.34. The standard InChI is InChI=1S/C11H20N4O2/c1-9(2)5-6-14(3)8-15-7-12-10(13-15)11(16)17-4/h7,9H,5-6,8H2,1-4H3.